The van der Waals surface area contributed by atoms with Gasteiger partial charge in [0.05, 0.1) is 6.04 Å². The van der Waals surface area contributed by atoms with Gasteiger partial charge in [-0.2, -0.15) is 0 Å². The van der Waals surface area contributed by atoms with E-state index in [-0.39, 0.29) is 17.2 Å². The Hall–Kier alpha value is -1.10. The van der Waals surface area contributed by atoms with Gasteiger partial charge in [0.1, 0.15) is 6.04 Å². The molecule has 0 saturated carbocycles. The van der Waals surface area contributed by atoms with E-state index in [4.69, 9.17) is 5.73 Å². The van der Waals surface area contributed by atoms with Gasteiger partial charge in [-0.1, -0.05) is 34.6 Å². The topological polar surface area (TPSA) is 84.2 Å². The predicted molar refractivity (Wildman–Crippen MR) is 72.9 cm³/mol. The third kappa shape index (κ3) is 5.49. The molecule has 5 heteroatoms. The number of hydrogen-bond acceptors (Lipinski definition) is 3. The van der Waals surface area contributed by atoms with E-state index in [9.17, 15) is 9.59 Å². The minimum absolute atomic E-state index is 0.201. The Morgan fingerprint density at radius 3 is 2.00 bits per heavy atom. The van der Waals surface area contributed by atoms with E-state index in [1.54, 1.807) is 7.05 Å². The molecule has 0 bridgehead atoms. The maximum atomic E-state index is 11.9. The van der Waals surface area contributed by atoms with Crippen LogP contribution in [0.3, 0.4) is 0 Å². The van der Waals surface area contributed by atoms with Gasteiger partial charge in [0, 0.05) is 7.05 Å². The van der Waals surface area contributed by atoms with Crippen LogP contribution in [0.1, 0.15) is 41.0 Å². The van der Waals surface area contributed by atoms with Crippen molar-refractivity contribution < 1.29 is 9.59 Å². The van der Waals surface area contributed by atoms with Crippen molar-refractivity contribution in [1.29, 1.82) is 0 Å². The predicted octanol–water partition coefficient (Wildman–Crippen LogP) is 0.637. The van der Waals surface area contributed by atoms with Gasteiger partial charge in [0.25, 0.3) is 0 Å². The Bertz CT molecular complexity index is 295. The standard InChI is InChI=1S/C13H27N3O2/c1-8(2)7-9(14)11(17)16-10(12(18)15-6)13(3,4)5/h8-10H,7,14H2,1-6H3,(H,15,18)(H,16,17)/t9?,10-/m1/s1. The minimum atomic E-state index is -0.576. The first-order valence-electron chi connectivity index (χ1n) is 6.37. The average Bonchev–Trinajstić information content (AvgIpc) is 2.21. The molecule has 0 spiro atoms. The van der Waals surface area contributed by atoms with Crippen molar-refractivity contribution in [2.45, 2.75) is 53.1 Å². The first-order chi connectivity index (χ1) is 8.09. The SMILES string of the molecule is CNC(=O)[C@@H](NC(=O)C(N)CC(C)C)C(C)(C)C. The summed E-state index contributed by atoms with van der Waals surface area (Å²) in [6.45, 7) is 9.73. The number of carbonyl (C=O) groups excluding carboxylic acids is 2. The van der Waals surface area contributed by atoms with Crippen molar-refractivity contribution in [1.82, 2.24) is 10.6 Å². The van der Waals surface area contributed by atoms with Crippen LogP contribution < -0.4 is 16.4 Å². The van der Waals surface area contributed by atoms with Crippen molar-refractivity contribution in [3.8, 4) is 0 Å². The number of amides is 2. The fraction of sp³-hybridized carbons (Fsp3) is 0.846. The first-order valence-corrected chi connectivity index (χ1v) is 6.37. The number of nitrogens with two attached hydrogens (primary N) is 1. The zero-order valence-corrected chi connectivity index (χ0v) is 12.3. The summed E-state index contributed by atoms with van der Waals surface area (Å²) in [6, 6.07) is -1.15. The van der Waals surface area contributed by atoms with Crippen molar-refractivity contribution in [2.75, 3.05) is 7.05 Å². The summed E-state index contributed by atoms with van der Waals surface area (Å²) in [7, 11) is 1.56. The summed E-state index contributed by atoms with van der Waals surface area (Å²) in [5, 5.41) is 5.30. The molecule has 0 radical (unpaired) electrons. The normalized spacial score (nSPS) is 15.1. The lowest BCUT2D eigenvalue weighted by molar-refractivity contribution is -0.132. The summed E-state index contributed by atoms with van der Waals surface area (Å²) in [4.78, 5) is 23.7. The molecule has 1 unspecified atom stereocenters. The van der Waals surface area contributed by atoms with E-state index < -0.39 is 12.1 Å². The van der Waals surface area contributed by atoms with Gasteiger partial charge < -0.3 is 16.4 Å². The van der Waals surface area contributed by atoms with Gasteiger partial charge in [-0.15, -0.1) is 0 Å². The molecule has 0 aliphatic rings. The van der Waals surface area contributed by atoms with E-state index in [0.717, 1.165) is 0 Å². The molecule has 106 valence electrons. The molecule has 0 saturated heterocycles. The van der Waals surface area contributed by atoms with Crippen molar-refractivity contribution in [3.63, 3.8) is 0 Å². The lowest BCUT2D eigenvalue weighted by Gasteiger charge is -2.31. The van der Waals surface area contributed by atoms with Gasteiger partial charge in [0.15, 0.2) is 0 Å². The van der Waals surface area contributed by atoms with E-state index in [1.165, 1.54) is 0 Å². The minimum Gasteiger partial charge on any atom is -0.357 e. The summed E-state index contributed by atoms with van der Waals surface area (Å²) >= 11 is 0. The second-order valence-electron chi connectivity index (χ2n) is 6.16. The number of rotatable bonds is 5. The van der Waals surface area contributed by atoms with Crippen LogP contribution in [0.15, 0.2) is 0 Å². The summed E-state index contributed by atoms with van der Waals surface area (Å²) in [6.07, 6.45) is 0.608. The number of likely N-dealkylation sites (N-methyl/N-ethyl adjacent to an activating group) is 1. The quantitative estimate of drug-likeness (QED) is 0.675. The molecule has 0 aliphatic carbocycles. The van der Waals surface area contributed by atoms with Crippen LogP contribution in [-0.4, -0.2) is 30.9 Å². The molecule has 0 aromatic heterocycles. The van der Waals surface area contributed by atoms with Gasteiger partial charge in [-0.25, -0.2) is 0 Å². The Balaban J connectivity index is 4.69. The van der Waals surface area contributed by atoms with Crippen LogP contribution in [0.4, 0.5) is 0 Å². The van der Waals surface area contributed by atoms with Gasteiger partial charge in [-0.05, 0) is 17.8 Å². The molecule has 0 heterocycles. The van der Waals surface area contributed by atoms with Crippen LogP contribution >= 0.6 is 0 Å². The highest BCUT2D eigenvalue weighted by molar-refractivity contribution is 5.90. The maximum absolute atomic E-state index is 11.9. The Labute approximate surface area is 110 Å². The van der Waals surface area contributed by atoms with E-state index in [1.807, 2.05) is 34.6 Å². The molecule has 2 atom stereocenters. The highest BCUT2D eigenvalue weighted by Gasteiger charge is 2.33. The number of carbonyl (C=O) groups is 2. The largest absolute Gasteiger partial charge is 0.357 e. The third-order valence-corrected chi connectivity index (χ3v) is 2.72. The molecule has 0 aliphatic heterocycles. The Morgan fingerprint density at radius 1 is 1.17 bits per heavy atom. The fourth-order valence-electron chi connectivity index (χ4n) is 1.68. The Morgan fingerprint density at radius 2 is 1.67 bits per heavy atom. The molecule has 0 aromatic carbocycles. The van der Waals surface area contributed by atoms with Crippen LogP contribution in [-0.2, 0) is 9.59 Å². The van der Waals surface area contributed by atoms with Crippen LogP contribution in [0.2, 0.25) is 0 Å². The van der Waals surface area contributed by atoms with E-state index >= 15 is 0 Å². The second-order valence-corrected chi connectivity index (χ2v) is 6.16. The monoisotopic (exact) mass is 257 g/mol. The summed E-state index contributed by atoms with van der Waals surface area (Å²) in [5.74, 6) is -0.126. The maximum Gasteiger partial charge on any atom is 0.242 e. The zero-order chi connectivity index (χ0) is 14.5. The molecule has 0 rings (SSSR count). The highest BCUT2D eigenvalue weighted by Crippen LogP contribution is 2.19. The summed E-state index contributed by atoms with van der Waals surface area (Å²) in [5.41, 5.74) is 5.45. The van der Waals surface area contributed by atoms with Crippen LogP contribution in [0.25, 0.3) is 0 Å². The number of hydrogen-bond donors (Lipinski definition) is 3. The van der Waals surface area contributed by atoms with Crippen LogP contribution in [0, 0.1) is 11.3 Å². The molecule has 18 heavy (non-hydrogen) atoms. The Kier molecular flexibility index (Phi) is 6.32. The zero-order valence-electron chi connectivity index (χ0n) is 12.3. The average molecular weight is 257 g/mol. The molecule has 4 N–H and O–H groups in total. The lowest BCUT2D eigenvalue weighted by Crippen LogP contribution is -2.56. The first kappa shape index (κ1) is 16.9. The molecule has 0 fully saturated rings. The number of nitrogens with one attached hydrogen (secondary N) is 2. The lowest BCUT2D eigenvalue weighted by atomic mass is 9.85. The molecule has 0 aromatic rings. The summed E-state index contributed by atoms with van der Waals surface area (Å²) < 4.78 is 0. The second kappa shape index (κ2) is 6.73. The van der Waals surface area contributed by atoms with Crippen LogP contribution in [0.5, 0.6) is 0 Å². The van der Waals surface area contributed by atoms with E-state index in [2.05, 4.69) is 10.6 Å². The fourth-order valence-corrected chi connectivity index (χ4v) is 1.68. The smallest absolute Gasteiger partial charge is 0.242 e. The molecule has 2 amide bonds. The van der Waals surface area contributed by atoms with E-state index in [0.29, 0.717) is 12.3 Å². The third-order valence-electron chi connectivity index (χ3n) is 2.72. The van der Waals surface area contributed by atoms with Crippen molar-refractivity contribution in [3.05, 3.63) is 0 Å². The molecular formula is C13H27N3O2. The van der Waals surface area contributed by atoms with Gasteiger partial charge in [-0.3, -0.25) is 9.59 Å². The highest BCUT2D eigenvalue weighted by atomic mass is 16.2. The van der Waals surface area contributed by atoms with Gasteiger partial charge >= 0.3 is 0 Å². The van der Waals surface area contributed by atoms with Crippen molar-refractivity contribution in [2.24, 2.45) is 17.1 Å². The molecule has 5 nitrogen and oxygen atoms in total. The molecular weight excluding hydrogens is 230 g/mol. The van der Waals surface area contributed by atoms with Crippen molar-refractivity contribution >= 4 is 11.8 Å². The van der Waals surface area contributed by atoms with Gasteiger partial charge in [0.2, 0.25) is 11.8 Å².